The zero-order valence-electron chi connectivity index (χ0n) is 17.0. The molecule has 1 saturated heterocycles. The Labute approximate surface area is 180 Å². The van der Waals surface area contributed by atoms with Gasteiger partial charge in [0, 0.05) is 41.3 Å². The van der Waals surface area contributed by atoms with Crippen molar-refractivity contribution < 1.29 is 9.84 Å². The smallest absolute Gasteiger partial charge is 0.120 e. The van der Waals surface area contributed by atoms with Gasteiger partial charge in [-0.1, -0.05) is 15.9 Å². The molecule has 2 aliphatic rings. The standard InChI is InChI=1S/C23H28BrN3O2/c1-3-29-18-7-4-16(5-8-18)20-15-21(19-14-17(24)6-9-22(19)28)26-23(25-20)10-12-27(2)13-11-23/h4-9,14,21,26,28H,3,10-13,15H2,1-2H3/t21-/m0/s1. The molecule has 0 bridgehead atoms. The normalized spacial score (nSPS) is 21.8. The number of hydrogen-bond acceptors (Lipinski definition) is 5. The maximum Gasteiger partial charge on any atom is 0.120 e. The summed E-state index contributed by atoms with van der Waals surface area (Å²) in [5, 5.41) is 14.3. The number of aromatic hydroxyl groups is 1. The van der Waals surface area contributed by atoms with Crippen molar-refractivity contribution in [3.63, 3.8) is 0 Å². The molecule has 6 heteroatoms. The lowest BCUT2D eigenvalue weighted by Gasteiger charge is -2.44. The molecular formula is C23H28BrN3O2. The number of benzene rings is 2. The number of nitrogens with one attached hydrogen (secondary N) is 1. The van der Waals surface area contributed by atoms with Crippen LogP contribution in [0.1, 0.15) is 43.4 Å². The van der Waals surface area contributed by atoms with Crippen molar-refractivity contribution in [3.8, 4) is 11.5 Å². The van der Waals surface area contributed by atoms with Crippen LogP contribution in [0.2, 0.25) is 0 Å². The van der Waals surface area contributed by atoms with E-state index in [-0.39, 0.29) is 11.7 Å². The Bertz CT molecular complexity index is 889. The van der Waals surface area contributed by atoms with Crippen LogP contribution in [0.15, 0.2) is 51.9 Å². The summed E-state index contributed by atoms with van der Waals surface area (Å²) in [5.41, 5.74) is 2.82. The Kier molecular flexibility index (Phi) is 5.95. The molecule has 1 spiro atoms. The average Bonchev–Trinajstić information content (AvgIpc) is 2.73. The van der Waals surface area contributed by atoms with E-state index in [0.29, 0.717) is 12.4 Å². The molecule has 2 aromatic rings. The summed E-state index contributed by atoms with van der Waals surface area (Å²) in [6, 6.07) is 13.9. The van der Waals surface area contributed by atoms with Crippen LogP contribution in [0.25, 0.3) is 0 Å². The van der Waals surface area contributed by atoms with Gasteiger partial charge in [0.25, 0.3) is 0 Å². The zero-order chi connectivity index (χ0) is 20.4. The fourth-order valence-electron chi connectivity index (χ4n) is 4.23. The van der Waals surface area contributed by atoms with Gasteiger partial charge in [-0.05, 0) is 74.8 Å². The van der Waals surface area contributed by atoms with Gasteiger partial charge in [-0.25, -0.2) is 0 Å². The summed E-state index contributed by atoms with van der Waals surface area (Å²) in [6.07, 6.45) is 2.64. The number of rotatable bonds is 4. The van der Waals surface area contributed by atoms with Crippen LogP contribution in [0.4, 0.5) is 0 Å². The molecule has 2 heterocycles. The van der Waals surface area contributed by atoms with Crippen LogP contribution in [0, 0.1) is 0 Å². The van der Waals surface area contributed by atoms with Crippen molar-refractivity contribution in [3.05, 3.63) is 58.1 Å². The van der Waals surface area contributed by atoms with Crippen LogP contribution < -0.4 is 10.1 Å². The number of phenolic OH excluding ortho intramolecular Hbond substituents is 1. The van der Waals surface area contributed by atoms with Gasteiger partial charge in [0.2, 0.25) is 0 Å². The van der Waals surface area contributed by atoms with E-state index in [9.17, 15) is 5.11 Å². The molecular weight excluding hydrogens is 430 g/mol. The van der Waals surface area contributed by atoms with E-state index in [1.54, 1.807) is 6.07 Å². The summed E-state index contributed by atoms with van der Waals surface area (Å²) in [5.74, 6) is 1.20. The third-order valence-electron chi connectivity index (χ3n) is 5.87. The van der Waals surface area contributed by atoms with Gasteiger partial charge >= 0.3 is 0 Å². The number of likely N-dealkylation sites (tertiary alicyclic amines) is 1. The van der Waals surface area contributed by atoms with Gasteiger partial charge in [-0.2, -0.15) is 0 Å². The number of hydrogen-bond donors (Lipinski definition) is 2. The van der Waals surface area contributed by atoms with Gasteiger partial charge in [0.1, 0.15) is 17.2 Å². The highest BCUT2D eigenvalue weighted by atomic mass is 79.9. The molecule has 2 aliphatic heterocycles. The Morgan fingerprint density at radius 1 is 1.21 bits per heavy atom. The molecule has 0 aliphatic carbocycles. The Balaban J connectivity index is 1.70. The second-order valence-corrected chi connectivity index (χ2v) is 8.87. The summed E-state index contributed by atoms with van der Waals surface area (Å²) in [7, 11) is 2.16. The van der Waals surface area contributed by atoms with Crippen molar-refractivity contribution in [1.29, 1.82) is 0 Å². The quantitative estimate of drug-likeness (QED) is 0.709. The van der Waals surface area contributed by atoms with Crippen molar-refractivity contribution in [2.45, 2.75) is 37.9 Å². The fraction of sp³-hybridized carbons (Fsp3) is 0.435. The SMILES string of the molecule is CCOc1ccc(C2=NC3(CCN(C)CC3)N[C@H](c3cc(Br)ccc3O)C2)cc1. The first-order valence-corrected chi connectivity index (χ1v) is 11.0. The van der Waals surface area contributed by atoms with Crippen LogP contribution in [0.5, 0.6) is 11.5 Å². The first-order valence-electron chi connectivity index (χ1n) is 10.2. The lowest BCUT2D eigenvalue weighted by Crippen LogP contribution is -2.55. The predicted octanol–water partition coefficient (Wildman–Crippen LogP) is 4.50. The maximum absolute atomic E-state index is 10.5. The molecule has 2 N–H and O–H groups in total. The first kappa shape index (κ1) is 20.4. The number of phenols is 1. The molecule has 0 amide bonds. The monoisotopic (exact) mass is 457 g/mol. The molecule has 4 rings (SSSR count). The highest BCUT2D eigenvalue weighted by molar-refractivity contribution is 9.10. The van der Waals surface area contributed by atoms with Crippen LogP contribution in [0.3, 0.4) is 0 Å². The largest absolute Gasteiger partial charge is 0.508 e. The van der Waals surface area contributed by atoms with Gasteiger partial charge in [-0.15, -0.1) is 0 Å². The second-order valence-electron chi connectivity index (χ2n) is 7.95. The molecule has 0 radical (unpaired) electrons. The maximum atomic E-state index is 10.5. The van der Waals surface area contributed by atoms with Crippen molar-refractivity contribution in [2.75, 3.05) is 26.7 Å². The number of piperidine rings is 1. The molecule has 2 aromatic carbocycles. The molecule has 1 fully saturated rings. The van der Waals surface area contributed by atoms with E-state index in [0.717, 1.165) is 59.4 Å². The van der Waals surface area contributed by atoms with E-state index in [4.69, 9.17) is 9.73 Å². The van der Waals surface area contributed by atoms with E-state index in [1.165, 1.54) is 0 Å². The van der Waals surface area contributed by atoms with E-state index in [2.05, 4.69) is 45.3 Å². The van der Waals surface area contributed by atoms with Crippen LogP contribution >= 0.6 is 15.9 Å². The van der Waals surface area contributed by atoms with Crippen LogP contribution in [-0.4, -0.2) is 48.1 Å². The fourth-order valence-corrected chi connectivity index (χ4v) is 4.61. The lowest BCUT2D eigenvalue weighted by molar-refractivity contribution is 0.144. The zero-order valence-corrected chi connectivity index (χ0v) is 18.6. The Morgan fingerprint density at radius 3 is 2.62 bits per heavy atom. The van der Waals surface area contributed by atoms with E-state index >= 15 is 0 Å². The highest BCUT2D eigenvalue weighted by Crippen LogP contribution is 2.38. The average molecular weight is 458 g/mol. The molecule has 154 valence electrons. The first-order chi connectivity index (χ1) is 14.0. The molecule has 5 nitrogen and oxygen atoms in total. The molecule has 1 atom stereocenters. The minimum atomic E-state index is -0.294. The number of halogens is 1. The number of ether oxygens (including phenoxy) is 1. The number of aliphatic imine (C=N–C) groups is 1. The Hall–Kier alpha value is -1.89. The second kappa shape index (κ2) is 8.46. The minimum Gasteiger partial charge on any atom is -0.508 e. The summed E-state index contributed by atoms with van der Waals surface area (Å²) >= 11 is 3.55. The molecule has 0 saturated carbocycles. The predicted molar refractivity (Wildman–Crippen MR) is 120 cm³/mol. The Morgan fingerprint density at radius 2 is 1.93 bits per heavy atom. The van der Waals surface area contributed by atoms with Crippen molar-refractivity contribution in [1.82, 2.24) is 10.2 Å². The van der Waals surface area contributed by atoms with E-state index < -0.39 is 0 Å². The topological polar surface area (TPSA) is 57.1 Å². The van der Waals surface area contributed by atoms with Crippen molar-refractivity contribution in [2.24, 2.45) is 4.99 Å². The third kappa shape index (κ3) is 4.49. The van der Waals surface area contributed by atoms with Crippen molar-refractivity contribution >= 4 is 21.6 Å². The highest BCUT2D eigenvalue weighted by Gasteiger charge is 2.40. The van der Waals surface area contributed by atoms with Gasteiger partial charge in [0.05, 0.1) is 6.61 Å². The van der Waals surface area contributed by atoms with Gasteiger partial charge < -0.3 is 14.7 Å². The molecule has 0 aromatic heterocycles. The summed E-state index contributed by atoms with van der Waals surface area (Å²) < 4.78 is 6.56. The van der Waals surface area contributed by atoms with E-state index in [1.807, 2.05) is 31.2 Å². The van der Waals surface area contributed by atoms with Gasteiger partial charge in [-0.3, -0.25) is 10.3 Å². The van der Waals surface area contributed by atoms with Crippen LogP contribution in [-0.2, 0) is 0 Å². The minimum absolute atomic E-state index is 0.00924. The summed E-state index contributed by atoms with van der Waals surface area (Å²) in [6.45, 7) is 4.66. The molecule has 29 heavy (non-hydrogen) atoms. The third-order valence-corrected chi connectivity index (χ3v) is 6.36. The molecule has 0 unspecified atom stereocenters. The van der Waals surface area contributed by atoms with Gasteiger partial charge in [0.15, 0.2) is 0 Å². The lowest BCUT2D eigenvalue weighted by atomic mass is 9.87. The number of nitrogens with zero attached hydrogens (tertiary/aromatic N) is 2. The summed E-state index contributed by atoms with van der Waals surface area (Å²) in [4.78, 5) is 7.57.